The number of benzene rings is 1. The molecule has 0 saturated heterocycles. The van der Waals surface area contributed by atoms with Gasteiger partial charge < -0.3 is 10.6 Å². The monoisotopic (exact) mass is 324 g/mol. The summed E-state index contributed by atoms with van der Waals surface area (Å²) in [5, 5.41) is 6.94. The molecule has 4 heteroatoms. The molecule has 1 fully saturated rings. The lowest BCUT2D eigenvalue weighted by Crippen LogP contribution is -2.19. The van der Waals surface area contributed by atoms with E-state index in [9.17, 15) is 0 Å². The van der Waals surface area contributed by atoms with Crippen LogP contribution < -0.4 is 10.6 Å². The SMILES string of the molecule is CCc1ccc(Nc2nc(C)cc(NC3CCCCCC3)n2)cc1. The maximum atomic E-state index is 4.66. The van der Waals surface area contributed by atoms with Crippen LogP contribution in [0.1, 0.15) is 56.7 Å². The zero-order chi connectivity index (χ0) is 16.8. The normalized spacial score (nSPS) is 15.8. The number of hydrogen-bond donors (Lipinski definition) is 2. The summed E-state index contributed by atoms with van der Waals surface area (Å²) in [6, 6.07) is 11.0. The maximum absolute atomic E-state index is 4.66. The van der Waals surface area contributed by atoms with E-state index in [1.165, 1.54) is 44.1 Å². The van der Waals surface area contributed by atoms with Crippen LogP contribution >= 0.6 is 0 Å². The molecule has 1 aromatic carbocycles. The van der Waals surface area contributed by atoms with Crippen LogP contribution in [0.4, 0.5) is 17.5 Å². The molecule has 1 heterocycles. The van der Waals surface area contributed by atoms with Crippen LogP contribution in [0.15, 0.2) is 30.3 Å². The first-order valence-corrected chi connectivity index (χ1v) is 9.21. The predicted octanol–water partition coefficient (Wildman–Crippen LogP) is 5.23. The summed E-state index contributed by atoms with van der Waals surface area (Å²) < 4.78 is 0. The molecule has 1 saturated carbocycles. The van der Waals surface area contributed by atoms with Gasteiger partial charge in [-0.25, -0.2) is 4.98 Å². The number of rotatable bonds is 5. The number of nitrogens with one attached hydrogen (secondary N) is 2. The van der Waals surface area contributed by atoms with Gasteiger partial charge in [0.05, 0.1) is 0 Å². The number of hydrogen-bond acceptors (Lipinski definition) is 4. The molecule has 2 aromatic rings. The average molecular weight is 324 g/mol. The van der Waals surface area contributed by atoms with Gasteiger partial charge in [-0.15, -0.1) is 0 Å². The summed E-state index contributed by atoms with van der Waals surface area (Å²) in [7, 11) is 0. The molecule has 0 unspecified atom stereocenters. The standard InChI is InChI=1S/C20H28N4/c1-3-16-10-12-18(13-11-16)23-20-21-15(2)14-19(24-20)22-17-8-6-4-5-7-9-17/h10-14,17H,3-9H2,1-2H3,(H2,21,22,23,24). The van der Waals surface area contributed by atoms with E-state index in [0.29, 0.717) is 12.0 Å². The van der Waals surface area contributed by atoms with Crippen LogP contribution in [0.2, 0.25) is 0 Å². The van der Waals surface area contributed by atoms with E-state index in [1.54, 1.807) is 0 Å². The van der Waals surface area contributed by atoms with Crippen molar-refractivity contribution in [1.82, 2.24) is 9.97 Å². The molecule has 0 spiro atoms. The molecule has 0 amide bonds. The van der Waals surface area contributed by atoms with Crippen LogP contribution in [0.25, 0.3) is 0 Å². The highest BCUT2D eigenvalue weighted by Gasteiger charge is 2.13. The van der Waals surface area contributed by atoms with Crippen molar-refractivity contribution in [3.05, 3.63) is 41.6 Å². The molecule has 128 valence electrons. The predicted molar refractivity (Wildman–Crippen MR) is 101 cm³/mol. The Hall–Kier alpha value is -2.10. The molecule has 0 radical (unpaired) electrons. The van der Waals surface area contributed by atoms with Gasteiger partial charge in [0.1, 0.15) is 5.82 Å². The fraction of sp³-hybridized carbons (Fsp3) is 0.500. The third-order valence-corrected chi connectivity index (χ3v) is 4.68. The molecule has 2 N–H and O–H groups in total. The highest BCUT2D eigenvalue weighted by molar-refractivity contribution is 5.55. The second-order valence-corrected chi connectivity index (χ2v) is 6.73. The summed E-state index contributed by atoms with van der Waals surface area (Å²) >= 11 is 0. The Morgan fingerprint density at radius 1 is 1.00 bits per heavy atom. The average Bonchev–Trinajstić information content (AvgIpc) is 2.84. The third-order valence-electron chi connectivity index (χ3n) is 4.68. The number of aromatic nitrogens is 2. The Morgan fingerprint density at radius 3 is 2.38 bits per heavy atom. The van der Waals surface area contributed by atoms with Crippen molar-refractivity contribution in [2.24, 2.45) is 0 Å². The molecule has 0 bridgehead atoms. The van der Waals surface area contributed by atoms with Crippen molar-refractivity contribution in [3.63, 3.8) is 0 Å². The fourth-order valence-corrected chi connectivity index (χ4v) is 3.28. The van der Waals surface area contributed by atoms with Crippen molar-refractivity contribution >= 4 is 17.5 Å². The molecule has 4 nitrogen and oxygen atoms in total. The van der Waals surface area contributed by atoms with Crippen LogP contribution in [0.5, 0.6) is 0 Å². The number of aryl methyl sites for hydroxylation is 2. The van der Waals surface area contributed by atoms with Gasteiger partial charge in [0.25, 0.3) is 0 Å². The minimum Gasteiger partial charge on any atom is -0.367 e. The Bertz CT molecular complexity index is 643. The quantitative estimate of drug-likeness (QED) is 0.740. The molecular formula is C20H28N4. The summed E-state index contributed by atoms with van der Waals surface area (Å²) in [6.45, 7) is 4.18. The molecule has 1 aliphatic rings. The second kappa shape index (κ2) is 8.13. The van der Waals surface area contributed by atoms with Crippen molar-refractivity contribution in [2.75, 3.05) is 10.6 Å². The highest BCUT2D eigenvalue weighted by Crippen LogP contribution is 2.22. The fourth-order valence-electron chi connectivity index (χ4n) is 3.28. The minimum absolute atomic E-state index is 0.540. The Balaban J connectivity index is 1.70. The lowest BCUT2D eigenvalue weighted by molar-refractivity contribution is 0.617. The smallest absolute Gasteiger partial charge is 0.229 e. The Morgan fingerprint density at radius 2 is 1.71 bits per heavy atom. The first-order chi connectivity index (χ1) is 11.7. The largest absolute Gasteiger partial charge is 0.367 e. The molecule has 0 aliphatic heterocycles. The van der Waals surface area contributed by atoms with Gasteiger partial charge in [0.15, 0.2) is 0 Å². The first kappa shape index (κ1) is 16.7. The van der Waals surface area contributed by atoms with Gasteiger partial charge in [-0.1, -0.05) is 44.7 Å². The third kappa shape index (κ3) is 4.70. The molecule has 0 atom stereocenters. The molecule has 3 rings (SSSR count). The molecule has 1 aromatic heterocycles. The highest BCUT2D eigenvalue weighted by atomic mass is 15.1. The van der Waals surface area contributed by atoms with Crippen LogP contribution in [0, 0.1) is 6.92 Å². The van der Waals surface area contributed by atoms with Crippen LogP contribution in [0.3, 0.4) is 0 Å². The Kier molecular flexibility index (Phi) is 5.68. The number of nitrogens with zero attached hydrogens (tertiary/aromatic N) is 2. The van der Waals surface area contributed by atoms with Gasteiger partial charge in [-0.3, -0.25) is 0 Å². The van der Waals surface area contributed by atoms with E-state index in [-0.39, 0.29) is 0 Å². The molecular weight excluding hydrogens is 296 g/mol. The van der Waals surface area contributed by atoms with E-state index in [4.69, 9.17) is 0 Å². The lowest BCUT2D eigenvalue weighted by atomic mass is 10.1. The summed E-state index contributed by atoms with van der Waals surface area (Å²) in [6.07, 6.45) is 8.89. The van der Waals surface area contributed by atoms with Crippen molar-refractivity contribution in [1.29, 1.82) is 0 Å². The number of anilines is 3. The molecule has 1 aliphatic carbocycles. The van der Waals surface area contributed by atoms with Crippen molar-refractivity contribution in [2.45, 2.75) is 64.8 Å². The van der Waals surface area contributed by atoms with Gasteiger partial charge in [-0.2, -0.15) is 4.98 Å². The van der Waals surface area contributed by atoms with E-state index >= 15 is 0 Å². The van der Waals surface area contributed by atoms with E-state index in [0.717, 1.165) is 23.6 Å². The topological polar surface area (TPSA) is 49.8 Å². The van der Waals surface area contributed by atoms with Crippen molar-refractivity contribution < 1.29 is 0 Å². The van der Waals surface area contributed by atoms with Crippen LogP contribution in [-0.4, -0.2) is 16.0 Å². The van der Waals surface area contributed by atoms with Crippen molar-refractivity contribution in [3.8, 4) is 0 Å². The summed E-state index contributed by atoms with van der Waals surface area (Å²) in [5.41, 5.74) is 3.34. The zero-order valence-electron chi connectivity index (χ0n) is 14.8. The van der Waals surface area contributed by atoms with Gasteiger partial charge in [-0.05, 0) is 43.9 Å². The summed E-state index contributed by atoms with van der Waals surface area (Å²) in [4.78, 5) is 9.18. The maximum Gasteiger partial charge on any atom is 0.229 e. The minimum atomic E-state index is 0.540. The van der Waals surface area contributed by atoms with E-state index in [2.05, 4.69) is 51.8 Å². The second-order valence-electron chi connectivity index (χ2n) is 6.73. The lowest BCUT2D eigenvalue weighted by Gasteiger charge is -2.17. The Labute approximate surface area is 145 Å². The zero-order valence-corrected chi connectivity index (χ0v) is 14.8. The van der Waals surface area contributed by atoms with Gasteiger partial charge >= 0.3 is 0 Å². The van der Waals surface area contributed by atoms with Gasteiger partial charge in [0, 0.05) is 23.5 Å². The first-order valence-electron chi connectivity index (χ1n) is 9.21. The van der Waals surface area contributed by atoms with E-state index in [1.807, 2.05) is 13.0 Å². The molecule has 24 heavy (non-hydrogen) atoms. The van der Waals surface area contributed by atoms with Crippen LogP contribution in [-0.2, 0) is 6.42 Å². The van der Waals surface area contributed by atoms with E-state index < -0.39 is 0 Å². The summed E-state index contributed by atoms with van der Waals surface area (Å²) in [5.74, 6) is 1.59. The van der Waals surface area contributed by atoms with Gasteiger partial charge in [0.2, 0.25) is 5.95 Å².